The maximum Gasteiger partial charge on any atom is 0.189 e. The molecule has 26 heavy (non-hydrogen) atoms. The molecule has 1 aliphatic rings. The Hall–Kier alpha value is -1.01. The molecule has 0 radical (unpaired) electrons. The van der Waals surface area contributed by atoms with E-state index in [0.29, 0.717) is 16.0 Å². The van der Waals surface area contributed by atoms with Gasteiger partial charge < -0.3 is 20.9 Å². The summed E-state index contributed by atoms with van der Waals surface area (Å²) in [5.74, 6) is 0.458. The van der Waals surface area contributed by atoms with Crippen molar-refractivity contribution in [3.05, 3.63) is 33.8 Å². The Bertz CT molecular complexity index is 585. The van der Waals surface area contributed by atoms with Crippen molar-refractivity contribution < 1.29 is 0 Å². The summed E-state index contributed by atoms with van der Waals surface area (Å²) in [4.78, 5) is 9.48. The molecular weight excluding hydrogens is 369 g/mol. The van der Waals surface area contributed by atoms with Gasteiger partial charge >= 0.3 is 0 Å². The van der Waals surface area contributed by atoms with Crippen molar-refractivity contribution in [2.75, 3.05) is 45.8 Å². The normalized spacial score (nSPS) is 18.1. The first-order valence-electron chi connectivity index (χ1n) is 9.45. The number of nitrogens with two attached hydrogens (primary N) is 1. The number of hydrogen-bond acceptors (Lipinski definition) is 3. The molecule has 0 bridgehead atoms. The highest BCUT2D eigenvalue weighted by Gasteiger charge is 2.14. The maximum absolute atomic E-state index is 6.23. The van der Waals surface area contributed by atoms with Gasteiger partial charge in [-0.3, -0.25) is 4.99 Å². The maximum atomic E-state index is 6.23. The third-order valence-electron chi connectivity index (χ3n) is 4.87. The third-order valence-corrected chi connectivity index (χ3v) is 5.43. The Labute approximate surface area is 167 Å². The molecule has 5 nitrogen and oxygen atoms in total. The van der Waals surface area contributed by atoms with Crippen molar-refractivity contribution >= 4 is 29.2 Å². The zero-order valence-corrected chi connectivity index (χ0v) is 17.4. The van der Waals surface area contributed by atoms with Gasteiger partial charge in [-0.1, -0.05) is 36.2 Å². The van der Waals surface area contributed by atoms with Gasteiger partial charge in [0.1, 0.15) is 0 Å². The third kappa shape index (κ3) is 6.95. The van der Waals surface area contributed by atoms with Gasteiger partial charge in [0, 0.05) is 42.8 Å². The van der Waals surface area contributed by atoms with Crippen molar-refractivity contribution in [2.45, 2.75) is 32.7 Å². The Balaban J connectivity index is 1.65. The van der Waals surface area contributed by atoms with Gasteiger partial charge in [0.05, 0.1) is 6.04 Å². The largest absolute Gasteiger partial charge is 0.370 e. The Morgan fingerprint density at radius 1 is 1.19 bits per heavy atom. The van der Waals surface area contributed by atoms with Crippen LogP contribution in [0.4, 0.5) is 0 Å². The molecule has 0 spiro atoms. The molecule has 1 aromatic rings. The molecule has 146 valence electrons. The van der Waals surface area contributed by atoms with Crippen LogP contribution >= 0.6 is 23.2 Å². The van der Waals surface area contributed by atoms with Crippen LogP contribution in [0.15, 0.2) is 23.2 Å². The topological polar surface area (TPSA) is 56.9 Å². The van der Waals surface area contributed by atoms with E-state index >= 15 is 0 Å². The van der Waals surface area contributed by atoms with Crippen molar-refractivity contribution in [3.63, 3.8) is 0 Å². The van der Waals surface area contributed by atoms with Gasteiger partial charge in [-0.2, -0.15) is 0 Å². The summed E-state index contributed by atoms with van der Waals surface area (Å²) < 4.78 is 0. The van der Waals surface area contributed by atoms with Crippen LogP contribution in [0, 0.1) is 0 Å². The first-order chi connectivity index (χ1) is 12.5. The molecule has 1 aliphatic heterocycles. The van der Waals surface area contributed by atoms with Crippen LogP contribution < -0.4 is 11.1 Å². The first-order valence-corrected chi connectivity index (χ1v) is 10.2. The van der Waals surface area contributed by atoms with Gasteiger partial charge in [0.15, 0.2) is 5.96 Å². The number of unbranched alkanes of at least 4 members (excludes halogenated alkanes) is 1. The molecule has 1 unspecified atom stereocenters. The molecule has 3 N–H and O–H groups in total. The second-order valence-corrected chi connectivity index (χ2v) is 7.63. The summed E-state index contributed by atoms with van der Waals surface area (Å²) in [7, 11) is 0. The van der Waals surface area contributed by atoms with Crippen LogP contribution in [-0.2, 0) is 0 Å². The van der Waals surface area contributed by atoms with E-state index in [4.69, 9.17) is 28.9 Å². The van der Waals surface area contributed by atoms with Gasteiger partial charge in [0.2, 0.25) is 0 Å². The van der Waals surface area contributed by atoms with Crippen LogP contribution in [0.1, 0.15) is 38.3 Å². The van der Waals surface area contributed by atoms with E-state index in [1.807, 2.05) is 19.1 Å². The van der Waals surface area contributed by atoms with Crippen molar-refractivity contribution in [2.24, 2.45) is 10.7 Å². The van der Waals surface area contributed by atoms with Crippen LogP contribution in [-0.4, -0.2) is 61.6 Å². The number of piperazine rings is 1. The summed E-state index contributed by atoms with van der Waals surface area (Å²) in [6, 6.07) is 5.46. The van der Waals surface area contributed by atoms with Gasteiger partial charge in [0.25, 0.3) is 0 Å². The van der Waals surface area contributed by atoms with Crippen LogP contribution in [0.3, 0.4) is 0 Å². The lowest BCUT2D eigenvalue weighted by molar-refractivity contribution is 0.136. The van der Waals surface area contributed by atoms with Crippen molar-refractivity contribution in [3.8, 4) is 0 Å². The van der Waals surface area contributed by atoms with Gasteiger partial charge in [-0.15, -0.1) is 0 Å². The minimum atomic E-state index is -0.0154. The Morgan fingerprint density at radius 2 is 1.88 bits per heavy atom. The molecule has 1 fully saturated rings. The van der Waals surface area contributed by atoms with Crippen molar-refractivity contribution in [1.82, 2.24) is 15.1 Å². The predicted molar refractivity (Wildman–Crippen MR) is 112 cm³/mol. The lowest BCUT2D eigenvalue weighted by atomic mass is 10.1. The van der Waals surface area contributed by atoms with Crippen LogP contribution in [0.2, 0.25) is 10.0 Å². The Kier molecular flexibility index (Phi) is 8.99. The lowest BCUT2D eigenvalue weighted by Gasteiger charge is -2.33. The number of likely N-dealkylation sites (N-methyl/N-ethyl adjacent to an activating group) is 1. The van der Waals surface area contributed by atoms with Crippen LogP contribution in [0.25, 0.3) is 0 Å². The summed E-state index contributed by atoms with van der Waals surface area (Å²) in [6.07, 6.45) is 2.20. The summed E-state index contributed by atoms with van der Waals surface area (Å²) in [6.45, 7) is 12.0. The number of hydrogen-bond donors (Lipinski definition) is 2. The molecule has 2 rings (SSSR count). The summed E-state index contributed by atoms with van der Waals surface area (Å²) in [5.41, 5.74) is 6.96. The highest BCUT2D eigenvalue weighted by Crippen LogP contribution is 2.25. The zero-order chi connectivity index (χ0) is 18.9. The number of nitrogens with zero attached hydrogens (tertiary/aromatic N) is 3. The number of benzene rings is 1. The predicted octanol–water partition coefficient (Wildman–Crippen LogP) is 3.38. The fourth-order valence-electron chi connectivity index (χ4n) is 3.17. The zero-order valence-electron chi connectivity index (χ0n) is 15.8. The Morgan fingerprint density at radius 3 is 2.54 bits per heavy atom. The van der Waals surface area contributed by atoms with E-state index in [2.05, 4.69) is 27.0 Å². The average molecular weight is 400 g/mol. The lowest BCUT2D eigenvalue weighted by Crippen LogP contribution is -2.46. The molecule has 1 atom stereocenters. The van der Waals surface area contributed by atoms with E-state index in [9.17, 15) is 0 Å². The quantitative estimate of drug-likeness (QED) is 0.399. The van der Waals surface area contributed by atoms with E-state index in [-0.39, 0.29) is 6.04 Å². The standard InChI is InChI=1S/C19H31Cl2N5/c1-3-25-10-12-26(13-11-25)9-5-4-8-23-19(22)24-15(2)17-7-6-16(20)14-18(17)21/h6-7,14-15H,3-5,8-13H2,1-2H3,(H3,22,23,24). The number of guanidine groups is 1. The van der Waals surface area contributed by atoms with E-state index < -0.39 is 0 Å². The first kappa shape index (κ1) is 21.3. The van der Waals surface area contributed by atoms with Crippen LogP contribution in [0.5, 0.6) is 0 Å². The van der Waals surface area contributed by atoms with E-state index in [1.54, 1.807) is 6.07 Å². The number of halogens is 2. The minimum absolute atomic E-state index is 0.0154. The van der Waals surface area contributed by atoms with Crippen molar-refractivity contribution in [1.29, 1.82) is 0 Å². The fraction of sp³-hybridized carbons (Fsp3) is 0.632. The molecular formula is C19H31Cl2N5. The summed E-state index contributed by atoms with van der Waals surface area (Å²) in [5, 5.41) is 4.45. The second-order valence-electron chi connectivity index (χ2n) is 6.78. The molecule has 0 saturated carbocycles. The SMILES string of the molecule is CCN1CCN(CCCCN=C(N)NC(C)c2ccc(Cl)cc2Cl)CC1. The minimum Gasteiger partial charge on any atom is -0.370 e. The highest BCUT2D eigenvalue weighted by molar-refractivity contribution is 6.35. The molecule has 1 aromatic carbocycles. The molecule has 0 aromatic heterocycles. The average Bonchev–Trinajstić information content (AvgIpc) is 2.61. The molecule has 0 amide bonds. The number of nitrogens with one attached hydrogen (secondary N) is 1. The molecule has 7 heteroatoms. The second kappa shape index (κ2) is 11.0. The number of aliphatic imine (C=N–C) groups is 1. The summed E-state index contributed by atoms with van der Waals surface area (Å²) >= 11 is 12.2. The highest BCUT2D eigenvalue weighted by atomic mass is 35.5. The molecule has 1 heterocycles. The molecule has 0 aliphatic carbocycles. The molecule has 1 saturated heterocycles. The number of rotatable bonds is 8. The van der Waals surface area contributed by atoms with E-state index in [1.165, 1.54) is 26.2 Å². The fourth-order valence-corrected chi connectivity index (χ4v) is 3.75. The van der Waals surface area contributed by atoms with Gasteiger partial charge in [-0.25, -0.2) is 0 Å². The monoisotopic (exact) mass is 399 g/mol. The van der Waals surface area contributed by atoms with Gasteiger partial charge in [-0.05, 0) is 50.6 Å². The smallest absolute Gasteiger partial charge is 0.189 e. The van der Waals surface area contributed by atoms with E-state index in [0.717, 1.165) is 38.0 Å².